The number of likely N-dealkylation sites (tertiary alicyclic amines) is 1. The summed E-state index contributed by atoms with van der Waals surface area (Å²) < 4.78 is 18.4. The molecule has 17 heavy (non-hydrogen) atoms. The number of benzene rings is 1. The average molecular weight is 238 g/mol. The zero-order valence-electron chi connectivity index (χ0n) is 10.1. The van der Waals surface area contributed by atoms with Gasteiger partial charge in [-0.05, 0) is 24.1 Å². The third-order valence-corrected chi connectivity index (χ3v) is 3.29. The summed E-state index contributed by atoms with van der Waals surface area (Å²) in [6.45, 7) is 2.67. The van der Waals surface area contributed by atoms with Crippen LogP contribution in [-0.4, -0.2) is 37.7 Å². The van der Waals surface area contributed by atoms with Crippen molar-refractivity contribution in [3.05, 3.63) is 35.6 Å². The average Bonchev–Trinajstić information content (AvgIpc) is 2.77. The van der Waals surface area contributed by atoms with Gasteiger partial charge in [0.25, 0.3) is 0 Å². The summed E-state index contributed by atoms with van der Waals surface area (Å²) in [6.07, 6.45) is 1.36. The maximum Gasteiger partial charge on any atom is 0.123 e. The molecule has 1 fully saturated rings. The number of methoxy groups -OCH3 is 1. The van der Waals surface area contributed by atoms with E-state index < -0.39 is 0 Å². The molecule has 1 heterocycles. The third kappa shape index (κ3) is 3.25. The fraction of sp³-hybridized carbons (Fsp3) is 0.538. The van der Waals surface area contributed by atoms with Gasteiger partial charge in [0.1, 0.15) is 5.82 Å². The van der Waals surface area contributed by atoms with Crippen molar-refractivity contribution in [3.63, 3.8) is 0 Å². The van der Waals surface area contributed by atoms with Gasteiger partial charge >= 0.3 is 0 Å². The largest absolute Gasteiger partial charge is 0.380 e. The highest BCUT2D eigenvalue weighted by Crippen LogP contribution is 2.17. The van der Waals surface area contributed by atoms with E-state index in [1.807, 2.05) is 6.07 Å². The molecule has 0 amide bonds. The standard InChI is InChI=1S/C13H19FN2O/c1-17-12-5-6-16(8-12)9-13(15)10-3-2-4-11(14)7-10/h2-4,7,12-13H,5-6,8-9,15H2,1H3. The molecule has 0 aromatic heterocycles. The summed E-state index contributed by atoms with van der Waals surface area (Å²) >= 11 is 0. The van der Waals surface area contributed by atoms with E-state index in [2.05, 4.69) is 4.90 Å². The number of hydrogen-bond donors (Lipinski definition) is 1. The Morgan fingerprint density at radius 3 is 3.06 bits per heavy atom. The number of nitrogens with two attached hydrogens (primary N) is 1. The molecule has 0 radical (unpaired) electrons. The van der Waals surface area contributed by atoms with Crippen molar-refractivity contribution in [1.82, 2.24) is 4.90 Å². The molecule has 0 spiro atoms. The Morgan fingerprint density at radius 2 is 2.41 bits per heavy atom. The molecule has 2 N–H and O–H groups in total. The minimum Gasteiger partial charge on any atom is -0.380 e. The first-order valence-electron chi connectivity index (χ1n) is 5.95. The predicted molar refractivity (Wildman–Crippen MR) is 65.2 cm³/mol. The minimum atomic E-state index is -0.228. The van der Waals surface area contributed by atoms with Crippen molar-refractivity contribution in [3.8, 4) is 0 Å². The molecule has 4 heteroatoms. The second-order valence-electron chi connectivity index (χ2n) is 4.57. The Bertz CT molecular complexity index is 372. The zero-order valence-corrected chi connectivity index (χ0v) is 10.1. The van der Waals surface area contributed by atoms with E-state index in [4.69, 9.17) is 10.5 Å². The topological polar surface area (TPSA) is 38.5 Å². The van der Waals surface area contributed by atoms with Crippen LogP contribution in [0.15, 0.2) is 24.3 Å². The zero-order chi connectivity index (χ0) is 12.3. The van der Waals surface area contributed by atoms with E-state index in [1.54, 1.807) is 13.2 Å². The normalized spacial score (nSPS) is 22.9. The van der Waals surface area contributed by atoms with Gasteiger partial charge in [-0.15, -0.1) is 0 Å². The summed E-state index contributed by atoms with van der Waals surface area (Å²) in [5, 5.41) is 0. The number of halogens is 1. The number of ether oxygens (including phenoxy) is 1. The van der Waals surface area contributed by atoms with Gasteiger partial charge in [0, 0.05) is 32.8 Å². The van der Waals surface area contributed by atoms with E-state index in [-0.39, 0.29) is 11.9 Å². The fourth-order valence-corrected chi connectivity index (χ4v) is 2.28. The van der Waals surface area contributed by atoms with Gasteiger partial charge < -0.3 is 10.5 Å². The third-order valence-electron chi connectivity index (χ3n) is 3.29. The second kappa shape index (κ2) is 5.58. The molecular weight excluding hydrogens is 219 g/mol. The summed E-state index contributed by atoms with van der Waals surface area (Å²) in [4.78, 5) is 2.27. The lowest BCUT2D eigenvalue weighted by Gasteiger charge is -2.20. The van der Waals surface area contributed by atoms with E-state index in [9.17, 15) is 4.39 Å². The van der Waals surface area contributed by atoms with Crippen molar-refractivity contribution in [2.75, 3.05) is 26.7 Å². The van der Waals surface area contributed by atoms with Crippen LogP contribution >= 0.6 is 0 Å². The fourth-order valence-electron chi connectivity index (χ4n) is 2.28. The van der Waals surface area contributed by atoms with E-state index in [0.29, 0.717) is 6.10 Å². The molecule has 94 valence electrons. The molecule has 1 aromatic rings. The Morgan fingerprint density at radius 1 is 1.59 bits per heavy atom. The van der Waals surface area contributed by atoms with Gasteiger partial charge in [0.15, 0.2) is 0 Å². The van der Waals surface area contributed by atoms with Crippen molar-refractivity contribution < 1.29 is 9.13 Å². The summed E-state index contributed by atoms with van der Waals surface area (Å²) in [7, 11) is 1.74. The Labute approximate surface area is 101 Å². The summed E-state index contributed by atoms with van der Waals surface area (Å²) in [5.41, 5.74) is 6.93. The molecule has 2 rings (SSSR count). The lowest BCUT2D eigenvalue weighted by atomic mass is 10.1. The van der Waals surface area contributed by atoms with Crippen LogP contribution in [0, 0.1) is 5.82 Å². The van der Waals surface area contributed by atoms with Gasteiger partial charge in [-0.3, -0.25) is 4.90 Å². The van der Waals surface area contributed by atoms with Crippen LogP contribution in [-0.2, 0) is 4.74 Å². The van der Waals surface area contributed by atoms with Crippen LogP contribution in [0.25, 0.3) is 0 Å². The molecule has 2 atom stereocenters. The van der Waals surface area contributed by atoms with Crippen LogP contribution in [0.1, 0.15) is 18.0 Å². The number of rotatable bonds is 4. The van der Waals surface area contributed by atoms with Gasteiger partial charge in [0.2, 0.25) is 0 Å². The molecule has 1 aliphatic heterocycles. The van der Waals surface area contributed by atoms with Crippen LogP contribution in [0.2, 0.25) is 0 Å². The Balaban J connectivity index is 1.91. The molecule has 0 bridgehead atoms. The van der Waals surface area contributed by atoms with Crippen molar-refractivity contribution in [1.29, 1.82) is 0 Å². The highest BCUT2D eigenvalue weighted by Gasteiger charge is 2.23. The maximum absolute atomic E-state index is 13.1. The smallest absolute Gasteiger partial charge is 0.123 e. The molecule has 2 unspecified atom stereocenters. The van der Waals surface area contributed by atoms with Gasteiger partial charge in [0.05, 0.1) is 6.10 Å². The van der Waals surface area contributed by atoms with Crippen LogP contribution < -0.4 is 5.73 Å². The van der Waals surface area contributed by atoms with Crippen molar-refractivity contribution in [2.24, 2.45) is 5.73 Å². The quantitative estimate of drug-likeness (QED) is 0.865. The molecular formula is C13H19FN2O. The minimum absolute atomic E-state index is 0.138. The molecule has 0 aliphatic carbocycles. The van der Waals surface area contributed by atoms with Gasteiger partial charge in [-0.1, -0.05) is 12.1 Å². The Kier molecular flexibility index (Phi) is 4.10. The first-order chi connectivity index (χ1) is 8.19. The number of hydrogen-bond acceptors (Lipinski definition) is 3. The molecule has 0 saturated carbocycles. The van der Waals surface area contributed by atoms with Crippen molar-refractivity contribution >= 4 is 0 Å². The Hall–Kier alpha value is -0.970. The summed E-state index contributed by atoms with van der Waals surface area (Å²) in [6, 6.07) is 6.38. The molecule has 1 aromatic carbocycles. The van der Waals surface area contributed by atoms with Gasteiger partial charge in [-0.2, -0.15) is 0 Å². The first kappa shape index (κ1) is 12.5. The second-order valence-corrected chi connectivity index (χ2v) is 4.57. The van der Waals surface area contributed by atoms with Gasteiger partial charge in [-0.25, -0.2) is 4.39 Å². The predicted octanol–water partition coefficient (Wildman–Crippen LogP) is 1.55. The van der Waals surface area contributed by atoms with Crippen LogP contribution in [0.3, 0.4) is 0 Å². The van der Waals surface area contributed by atoms with E-state index >= 15 is 0 Å². The highest BCUT2D eigenvalue weighted by atomic mass is 19.1. The lowest BCUT2D eigenvalue weighted by molar-refractivity contribution is 0.107. The summed E-state index contributed by atoms with van der Waals surface area (Å²) in [5.74, 6) is -0.228. The van der Waals surface area contributed by atoms with Crippen molar-refractivity contribution in [2.45, 2.75) is 18.6 Å². The molecule has 1 saturated heterocycles. The highest BCUT2D eigenvalue weighted by molar-refractivity contribution is 5.20. The molecule has 1 aliphatic rings. The molecule has 3 nitrogen and oxygen atoms in total. The SMILES string of the molecule is COC1CCN(CC(N)c2cccc(F)c2)C1. The maximum atomic E-state index is 13.1. The number of nitrogens with zero attached hydrogens (tertiary/aromatic N) is 1. The van der Waals surface area contributed by atoms with Crippen LogP contribution in [0.5, 0.6) is 0 Å². The lowest BCUT2D eigenvalue weighted by Crippen LogP contribution is -2.31. The van der Waals surface area contributed by atoms with Crippen LogP contribution in [0.4, 0.5) is 4.39 Å². The monoisotopic (exact) mass is 238 g/mol. The van der Waals surface area contributed by atoms with E-state index in [0.717, 1.165) is 31.6 Å². The first-order valence-corrected chi connectivity index (χ1v) is 5.95. The van der Waals surface area contributed by atoms with E-state index in [1.165, 1.54) is 12.1 Å².